The number of rotatable bonds is 35. The molecule has 0 amide bonds. The van der Waals surface area contributed by atoms with Crippen molar-refractivity contribution in [3.63, 3.8) is 0 Å². The smallest absolute Gasteiger partial charge is 0.104 e. The van der Waals surface area contributed by atoms with Crippen LogP contribution in [0.25, 0.3) is 0 Å². The summed E-state index contributed by atoms with van der Waals surface area (Å²) >= 11 is 0. The summed E-state index contributed by atoms with van der Waals surface area (Å²) in [6.45, 7) is 5.80. The SMILES string of the molecule is CCCCCCCCCCCCCCCCCCCCCCCCCCCCCCCCCCC(C)(c1ccccc1C)S(=O)(=O)[O-].[NH4+]. The third-order valence-electron chi connectivity index (χ3n) is 10.8. The van der Waals surface area contributed by atoms with Gasteiger partial charge in [-0.2, -0.15) is 0 Å². The van der Waals surface area contributed by atoms with Gasteiger partial charge >= 0.3 is 0 Å². The monoisotopic (exact) mass is 694 g/mol. The van der Waals surface area contributed by atoms with Gasteiger partial charge in [-0.1, -0.05) is 237 Å². The average Bonchev–Trinajstić information content (AvgIpc) is 3.05. The number of unbranched alkanes of at least 4 members (excludes halogenated alkanes) is 31. The van der Waals surface area contributed by atoms with Crippen LogP contribution in [-0.2, 0) is 14.9 Å². The van der Waals surface area contributed by atoms with E-state index in [0.29, 0.717) is 12.0 Å². The first-order chi connectivity index (χ1) is 22.8. The second-order valence-corrected chi connectivity index (χ2v) is 17.0. The molecule has 0 fully saturated rings. The molecule has 4 N–H and O–H groups in total. The number of hydrogen-bond acceptors (Lipinski definition) is 3. The summed E-state index contributed by atoms with van der Waals surface area (Å²) in [6.07, 6.45) is 44.5. The maximum absolute atomic E-state index is 12.2. The molecule has 0 aliphatic carbocycles. The molecule has 4 nitrogen and oxygen atoms in total. The summed E-state index contributed by atoms with van der Waals surface area (Å²) in [7, 11) is -4.42. The first-order valence-corrected chi connectivity index (χ1v) is 22.3. The number of benzene rings is 1. The Labute approximate surface area is 301 Å². The van der Waals surface area contributed by atoms with Crippen LogP contribution in [0.3, 0.4) is 0 Å². The number of hydrogen-bond donors (Lipinski definition) is 1. The molecule has 0 aliphatic rings. The Hall–Kier alpha value is -0.910. The minimum absolute atomic E-state index is 0. The molecule has 0 spiro atoms. The van der Waals surface area contributed by atoms with Crippen molar-refractivity contribution >= 4 is 10.1 Å². The van der Waals surface area contributed by atoms with Crippen molar-refractivity contribution in [1.29, 1.82) is 0 Å². The summed E-state index contributed by atoms with van der Waals surface area (Å²) in [5.41, 5.74) is 1.54. The molecule has 48 heavy (non-hydrogen) atoms. The van der Waals surface area contributed by atoms with Gasteiger partial charge in [-0.25, -0.2) is 8.42 Å². The lowest BCUT2D eigenvalue weighted by atomic mass is 9.90. The highest BCUT2D eigenvalue weighted by molar-refractivity contribution is 7.86. The molecule has 0 saturated carbocycles. The third-order valence-corrected chi connectivity index (χ3v) is 12.3. The maximum Gasteiger partial charge on any atom is 0.104 e. The summed E-state index contributed by atoms with van der Waals surface area (Å²) in [5.74, 6) is 0. The van der Waals surface area contributed by atoms with E-state index in [4.69, 9.17) is 0 Å². The van der Waals surface area contributed by atoms with Crippen molar-refractivity contribution in [2.24, 2.45) is 0 Å². The van der Waals surface area contributed by atoms with Crippen molar-refractivity contribution < 1.29 is 13.0 Å². The zero-order valence-corrected chi connectivity index (χ0v) is 33.6. The van der Waals surface area contributed by atoms with E-state index in [1.807, 2.05) is 25.1 Å². The number of aryl methyl sites for hydroxylation is 1. The highest BCUT2D eigenvalue weighted by Gasteiger charge is 2.34. The maximum atomic E-state index is 12.2. The molecule has 1 rings (SSSR count). The highest BCUT2D eigenvalue weighted by atomic mass is 32.2. The van der Waals surface area contributed by atoms with Crippen LogP contribution in [0.2, 0.25) is 0 Å². The Morgan fingerprint density at radius 3 is 0.979 bits per heavy atom. The molecule has 0 aliphatic heterocycles. The summed E-state index contributed by atoms with van der Waals surface area (Å²) in [5, 5.41) is 0. The summed E-state index contributed by atoms with van der Waals surface area (Å²) in [6, 6.07) is 7.41. The van der Waals surface area contributed by atoms with Crippen LogP contribution < -0.4 is 6.15 Å². The molecular formula is C43H83NO3S. The van der Waals surface area contributed by atoms with Crippen molar-refractivity contribution in [3.05, 3.63) is 35.4 Å². The van der Waals surface area contributed by atoms with Crippen molar-refractivity contribution in [3.8, 4) is 0 Å². The van der Waals surface area contributed by atoms with E-state index in [-0.39, 0.29) is 6.15 Å². The fraction of sp³-hybridized carbons (Fsp3) is 0.860. The second kappa shape index (κ2) is 32.0. The quantitative estimate of drug-likeness (QED) is 0.0566. The Balaban J connectivity index is 0.0000221. The van der Waals surface area contributed by atoms with Crippen LogP contribution in [0.1, 0.15) is 237 Å². The van der Waals surface area contributed by atoms with Gasteiger partial charge in [0, 0.05) is 0 Å². The van der Waals surface area contributed by atoms with Gasteiger partial charge in [0.15, 0.2) is 0 Å². The lowest BCUT2D eigenvalue weighted by Crippen LogP contribution is -2.33. The van der Waals surface area contributed by atoms with Crippen LogP contribution in [-0.4, -0.2) is 13.0 Å². The minimum Gasteiger partial charge on any atom is -0.747 e. The highest BCUT2D eigenvalue weighted by Crippen LogP contribution is 2.36. The molecule has 5 heteroatoms. The lowest BCUT2D eigenvalue weighted by molar-refractivity contribution is 0.400. The Bertz CT molecular complexity index is 934. The topological polar surface area (TPSA) is 93.7 Å². The normalized spacial score (nSPS) is 13.0. The van der Waals surface area contributed by atoms with Crippen LogP contribution in [0, 0.1) is 6.92 Å². The van der Waals surface area contributed by atoms with Crippen molar-refractivity contribution in [2.45, 2.75) is 237 Å². The van der Waals surface area contributed by atoms with E-state index in [1.54, 1.807) is 13.0 Å². The van der Waals surface area contributed by atoms with E-state index in [0.717, 1.165) is 24.8 Å². The Morgan fingerprint density at radius 1 is 0.479 bits per heavy atom. The third kappa shape index (κ3) is 24.3. The van der Waals surface area contributed by atoms with Crippen LogP contribution in [0.4, 0.5) is 0 Å². The molecule has 0 saturated heterocycles. The summed E-state index contributed by atoms with van der Waals surface area (Å²) in [4.78, 5) is 0. The molecule has 0 aromatic heterocycles. The van der Waals surface area contributed by atoms with Gasteiger partial charge in [0.2, 0.25) is 0 Å². The van der Waals surface area contributed by atoms with Crippen LogP contribution in [0.5, 0.6) is 0 Å². The molecule has 1 atom stereocenters. The van der Waals surface area contributed by atoms with Gasteiger partial charge in [0.1, 0.15) is 10.1 Å². The largest absolute Gasteiger partial charge is 0.747 e. The van der Waals surface area contributed by atoms with E-state index >= 15 is 0 Å². The van der Waals surface area contributed by atoms with Gasteiger partial charge in [0.25, 0.3) is 0 Å². The van der Waals surface area contributed by atoms with Gasteiger partial charge in [-0.05, 0) is 31.4 Å². The van der Waals surface area contributed by atoms with Gasteiger partial charge < -0.3 is 10.7 Å². The number of quaternary nitrogens is 1. The molecular weight excluding hydrogens is 611 g/mol. The predicted molar refractivity (Wildman–Crippen MR) is 212 cm³/mol. The average molecular weight is 694 g/mol. The zero-order chi connectivity index (χ0) is 34.3. The first-order valence-electron chi connectivity index (χ1n) is 20.8. The van der Waals surface area contributed by atoms with Gasteiger partial charge in [-0.15, -0.1) is 0 Å². The first kappa shape index (κ1) is 47.1. The standard InChI is InChI=1S/C43H80O3S.H3N/c1-4-5-6-7-8-9-10-11-12-13-14-15-16-17-18-19-20-21-22-23-24-25-26-27-28-29-30-31-32-33-34-37-40-43(3,47(44,45)46)42-39-36-35-38-41(42)2;/h35-36,38-39H,4-34,37,40H2,1-3H3,(H,44,45,46);1H3. The molecule has 284 valence electrons. The van der Waals surface area contributed by atoms with Crippen molar-refractivity contribution in [1.82, 2.24) is 6.15 Å². The lowest BCUT2D eigenvalue weighted by Gasteiger charge is -2.34. The van der Waals surface area contributed by atoms with E-state index in [1.165, 1.54) is 186 Å². The van der Waals surface area contributed by atoms with Gasteiger partial charge in [-0.3, -0.25) is 0 Å². The minimum atomic E-state index is -4.42. The second-order valence-electron chi connectivity index (χ2n) is 15.2. The van der Waals surface area contributed by atoms with Gasteiger partial charge in [0.05, 0.1) is 4.75 Å². The molecule has 0 heterocycles. The van der Waals surface area contributed by atoms with E-state index < -0.39 is 14.9 Å². The fourth-order valence-electron chi connectivity index (χ4n) is 7.40. The molecule has 0 radical (unpaired) electrons. The Morgan fingerprint density at radius 2 is 0.729 bits per heavy atom. The van der Waals surface area contributed by atoms with Crippen LogP contribution in [0.15, 0.2) is 24.3 Å². The predicted octanol–water partition coefficient (Wildman–Crippen LogP) is 15.0. The van der Waals surface area contributed by atoms with Crippen LogP contribution >= 0.6 is 0 Å². The summed E-state index contributed by atoms with van der Waals surface area (Å²) < 4.78 is 35.1. The molecule has 1 aromatic rings. The fourth-order valence-corrected chi connectivity index (χ4v) is 8.29. The molecule has 1 aromatic carbocycles. The van der Waals surface area contributed by atoms with Crippen molar-refractivity contribution in [2.75, 3.05) is 0 Å². The Kier molecular flexibility index (Phi) is 31.4. The van der Waals surface area contributed by atoms with E-state index in [2.05, 4.69) is 6.92 Å². The molecule has 0 bridgehead atoms. The molecule has 1 unspecified atom stereocenters. The van der Waals surface area contributed by atoms with E-state index in [9.17, 15) is 13.0 Å². The zero-order valence-electron chi connectivity index (χ0n) is 32.8.